The molecule has 2 aliphatic rings. The van der Waals surface area contributed by atoms with E-state index in [4.69, 9.17) is 0 Å². The van der Waals surface area contributed by atoms with Crippen molar-refractivity contribution in [1.82, 2.24) is 4.90 Å². The summed E-state index contributed by atoms with van der Waals surface area (Å²) in [6, 6.07) is 0.666. The summed E-state index contributed by atoms with van der Waals surface area (Å²) < 4.78 is 0. The first kappa shape index (κ1) is 10.4. The van der Waals surface area contributed by atoms with Gasteiger partial charge in [-0.25, -0.2) is 0 Å². The van der Waals surface area contributed by atoms with E-state index in [2.05, 4.69) is 18.9 Å². The van der Waals surface area contributed by atoms with Crippen molar-refractivity contribution >= 4 is 0 Å². The summed E-state index contributed by atoms with van der Waals surface area (Å²) in [5, 5.41) is 10.3. The molecule has 2 rings (SSSR count). The van der Waals surface area contributed by atoms with E-state index >= 15 is 0 Å². The molecule has 0 aromatic rings. The Morgan fingerprint density at radius 2 is 1.93 bits per heavy atom. The van der Waals surface area contributed by atoms with Crippen LogP contribution in [0.2, 0.25) is 0 Å². The molecule has 1 atom stereocenters. The number of rotatable bonds is 4. The maximum atomic E-state index is 10.3. The minimum atomic E-state index is -0.363. The second-order valence-corrected chi connectivity index (χ2v) is 5.42. The van der Waals surface area contributed by atoms with E-state index in [0.717, 1.165) is 25.3 Å². The first-order valence-corrected chi connectivity index (χ1v) is 6.03. The molecule has 0 aromatic carbocycles. The van der Waals surface area contributed by atoms with Crippen LogP contribution in [0.4, 0.5) is 0 Å². The molecule has 0 aromatic heterocycles. The third kappa shape index (κ3) is 2.29. The van der Waals surface area contributed by atoms with Gasteiger partial charge in [0.05, 0.1) is 5.60 Å². The second-order valence-electron chi connectivity index (χ2n) is 5.42. The highest BCUT2D eigenvalue weighted by molar-refractivity contribution is 4.91. The minimum absolute atomic E-state index is 0.363. The van der Waals surface area contributed by atoms with Crippen LogP contribution in [0.15, 0.2) is 0 Å². The van der Waals surface area contributed by atoms with Crippen molar-refractivity contribution in [3.63, 3.8) is 0 Å². The predicted molar refractivity (Wildman–Crippen MR) is 58.2 cm³/mol. The molecule has 14 heavy (non-hydrogen) atoms. The SMILES string of the molecule is CC(C1CC1)N(C)CC1(O)CCCC1. The normalized spacial score (nSPS) is 28.3. The van der Waals surface area contributed by atoms with Crippen LogP contribution in [0.25, 0.3) is 0 Å². The van der Waals surface area contributed by atoms with Crippen LogP contribution in [0, 0.1) is 5.92 Å². The van der Waals surface area contributed by atoms with Crippen molar-refractivity contribution in [1.29, 1.82) is 0 Å². The first-order valence-electron chi connectivity index (χ1n) is 6.03. The van der Waals surface area contributed by atoms with Gasteiger partial charge in [-0.2, -0.15) is 0 Å². The molecule has 0 aliphatic heterocycles. The van der Waals surface area contributed by atoms with Gasteiger partial charge in [0, 0.05) is 12.6 Å². The van der Waals surface area contributed by atoms with Crippen LogP contribution in [0.1, 0.15) is 45.4 Å². The Kier molecular flexibility index (Phi) is 2.85. The lowest BCUT2D eigenvalue weighted by Gasteiger charge is -2.32. The molecule has 0 heterocycles. The lowest BCUT2D eigenvalue weighted by atomic mass is 10.0. The van der Waals surface area contributed by atoms with Crippen LogP contribution in [-0.2, 0) is 0 Å². The highest BCUT2D eigenvalue weighted by atomic mass is 16.3. The molecule has 0 spiro atoms. The number of aliphatic hydroxyl groups is 1. The number of likely N-dealkylation sites (N-methyl/N-ethyl adjacent to an activating group) is 1. The third-order valence-corrected chi connectivity index (χ3v) is 4.08. The zero-order chi connectivity index (χ0) is 10.2. The molecular formula is C12H23NO. The molecule has 0 amide bonds. The summed E-state index contributed by atoms with van der Waals surface area (Å²) in [6.45, 7) is 3.18. The summed E-state index contributed by atoms with van der Waals surface area (Å²) >= 11 is 0. The van der Waals surface area contributed by atoms with Gasteiger partial charge in [0.2, 0.25) is 0 Å². The molecule has 2 nitrogen and oxygen atoms in total. The van der Waals surface area contributed by atoms with E-state index in [9.17, 15) is 5.11 Å². The highest BCUT2D eigenvalue weighted by Crippen LogP contribution is 2.36. The Hall–Kier alpha value is -0.0800. The van der Waals surface area contributed by atoms with E-state index in [-0.39, 0.29) is 5.60 Å². The van der Waals surface area contributed by atoms with Crippen molar-refractivity contribution in [2.45, 2.75) is 57.1 Å². The smallest absolute Gasteiger partial charge is 0.0774 e. The van der Waals surface area contributed by atoms with Crippen molar-refractivity contribution < 1.29 is 5.11 Å². The summed E-state index contributed by atoms with van der Waals surface area (Å²) in [5.41, 5.74) is -0.363. The molecule has 0 saturated heterocycles. The van der Waals surface area contributed by atoms with Crippen LogP contribution in [0.5, 0.6) is 0 Å². The topological polar surface area (TPSA) is 23.5 Å². The Morgan fingerprint density at radius 1 is 1.36 bits per heavy atom. The van der Waals surface area contributed by atoms with Gasteiger partial charge in [-0.15, -0.1) is 0 Å². The molecule has 0 bridgehead atoms. The van der Waals surface area contributed by atoms with Gasteiger partial charge < -0.3 is 10.0 Å². The maximum Gasteiger partial charge on any atom is 0.0774 e. The highest BCUT2D eigenvalue weighted by Gasteiger charge is 2.36. The van der Waals surface area contributed by atoms with Gasteiger partial charge in [-0.3, -0.25) is 0 Å². The third-order valence-electron chi connectivity index (χ3n) is 4.08. The van der Waals surface area contributed by atoms with Gasteiger partial charge in [-0.05, 0) is 45.6 Å². The van der Waals surface area contributed by atoms with Gasteiger partial charge in [0.1, 0.15) is 0 Å². The fourth-order valence-electron chi connectivity index (χ4n) is 2.74. The largest absolute Gasteiger partial charge is 0.389 e. The summed E-state index contributed by atoms with van der Waals surface area (Å²) in [6.07, 6.45) is 7.22. The standard InChI is InChI=1S/C12H23NO/c1-10(11-5-6-11)13(2)9-12(14)7-3-4-8-12/h10-11,14H,3-9H2,1-2H3. The second kappa shape index (κ2) is 3.82. The van der Waals surface area contributed by atoms with Gasteiger partial charge in [0.15, 0.2) is 0 Å². The fraction of sp³-hybridized carbons (Fsp3) is 1.00. The van der Waals surface area contributed by atoms with Crippen molar-refractivity contribution in [3.8, 4) is 0 Å². The molecule has 2 fully saturated rings. The Bertz CT molecular complexity index is 194. The summed E-state index contributed by atoms with van der Waals surface area (Å²) in [7, 11) is 2.17. The number of nitrogens with zero attached hydrogens (tertiary/aromatic N) is 1. The first-order chi connectivity index (χ1) is 6.61. The quantitative estimate of drug-likeness (QED) is 0.745. The Labute approximate surface area is 87.3 Å². The molecular weight excluding hydrogens is 174 g/mol. The molecule has 2 aliphatic carbocycles. The number of hydrogen-bond donors (Lipinski definition) is 1. The van der Waals surface area contributed by atoms with Gasteiger partial charge >= 0.3 is 0 Å². The number of hydrogen-bond acceptors (Lipinski definition) is 2. The monoisotopic (exact) mass is 197 g/mol. The molecule has 0 radical (unpaired) electrons. The van der Waals surface area contributed by atoms with Crippen LogP contribution >= 0.6 is 0 Å². The fourth-order valence-corrected chi connectivity index (χ4v) is 2.74. The van der Waals surface area contributed by atoms with Crippen molar-refractivity contribution in [2.75, 3.05) is 13.6 Å². The average Bonchev–Trinajstić information content (AvgIpc) is 2.89. The van der Waals surface area contributed by atoms with Gasteiger partial charge in [-0.1, -0.05) is 12.8 Å². The van der Waals surface area contributed by atoms with Crippen LogP contribution in [0.3, 0.4) is 0 Å². The van der Waals surface area contributed by atoms with Crippen LogP contribution < -0.4 is 0 Å². The van der Waals surface area contributed by atoms with Crippen LogP contribution in [-0.4, -0.2) is 35.2 Å². The lowest BCUT2D eigenvalue weighted by molar-refractivity contribution is 0.00485. The molecule has 1 unspecified atom stereocenters. The van der Waals surface area contributed by atoms with Crippen molar-refractivity contribution in [2.24, 2.45) is 5.92 Å². The van der Waals surface area contributed by atoms with Gasteiger partial charge in [0.25, 0.3) is 0 Å². The molecule has 2 saturated carbocycles. The Balaban J connectivity index is 1.82. The predicted octanol–water partition coefficient (Wildman–Crippen LogP) is 2.02. The zero-order valence-electron chi connectivity index (χ0n) is 9.50. The minimum Gasteiger partial charge on any atom is -0.389 e. The summed E-state index contributed by atoms with van der Waals surface area (Å²) in [4.78, 5) is 2.36. The zero-order valence-corrected chi connectivity index (χ0v) is 9.50. The van der Waals surface area contributed by atoms with Crippen molar-refractivity contribution in [3.05, 3.63) is 0 Å². The van der Waals surface area contributed by atoms with E-state index in [1.165, 1.54) is 25.7 Å². The molecule has 2 heteroatoms. The lowest BCUT2D eigenvalue weighted by Crippen LogP contribution is -2.43. The average molecular weight is 197 g/mol. The van der Waals surface area contributed by atoms with E-state index < -0.39 is 0 Å². The van der Waals surface area contributed by atoms with E-state index in [1.54, 1.807) is 0 Å². The van der Waals surface area contributed by atoms with E-state index in [1.807, 2.05) is 0 Å². The van der Waals surface area contributed by atoms with E-state index in [0.29, 0.717) is 6.04 Å². The maximum absolute atomic E-state index is 10.3. The molecule has 82 valence electrons. The summed E-state index contributed by atoms with van der Waals surface area (Å²) in [5.74, 6) is 0.907. The Morgan fingerprint density at radius 3 is 2.43 bits per heavy atom. The molecule has 1 N–H and O–H groups in total.